The molecule has 3 aliphatic carbocycles. The summed E-state index contributed by atoms with van der Waals surface area (Å²) in [6.07, 6.45) is 7.93. The third kappa shape index (κ3) is 6.95. The van der Waals surface area contributed by atoms with Crippen LogP contribution < -0.4 is 14.8 Å². The van der Waals surface area contributed by atoms with E-state index in [-0.39, 0.29) is 34.8 Å². The summed E-state index contributed by atoms with van der Waals surface area (Å²) in [6.45, 7) is 6.57. The summed E-state index contributed by atoms with van der Waals surface area (Å²) in [5, 5.41) is 15.5. The SMILES string of the molecule is COCCO[C@@H](C1=CC([C@H](C)[C@@H](C)S(N)(=O)=O)C1)[C@@H]1CC[C@H]1CN1C[C@@]2(CCCc3cc(Cl)ccc32)COc2ccc(C(=O)O)cc21. The van der Waals surface area contributed by atoms with Gasteiger partial charge in [0.05, 0.1) is 42.4 Å². The van der Waals surface area contributed by atoms with E-state index in [1.807, 2.05) is 13.0 Å². The van der Waals surface area contributed by atoms with Gasteiger partial charge in [-0.25, -0.2) is 18.4 Å². The molecule has 1 unspecified atom stereocenters. The van der Waals surface area contributed by atoms with E-state index in [2.05, 4.69) is 23.1 Å². The molecule has 7 atom stereocenters. The van der Waals surface area contributed by atoms with E-state index in [0.717, 1.165) is 55.8 Å². The van der Waals surface area contributed by atoms with Gasteiger partial charge >= 0.3 is 5.97 Å². The molecule has 1 aliphatic heterocycles. The number of carboxylic acid groups (broad SMARTS) is 1. The smallest absolute Gasteiger partial charge is 0.335 e. The lowest BCUT2D eigenvalue weighted by molar-refractivity contribution is -0.0418. The van der Waals surface area contributed by atoms with E-state index < -0.39 is 21.2 Å². The van der Waals surface area contributed by atoms with Crippen LogP contribution in [-0.4, -0.2) is 70.9 Å². The molecule has 47 heavy (non-hydrogen) atoms. The topological polar surface area (TPSA) is 128 Å². The summed E-state index contributed by atoms with van der Waals surface area (Å²) in [5.74, 6) is 0.372. The minimum Gasteiger partial charge on any atom is -0.490 e. The second kappa shape index (κ2) is 13.7. The molecule has 0 bridgehead atoms. The van der Waals surface area contributed by atoms with Crippen molar-refractivity contribution >= 4 is 33.3 Å². The zero-order valence-corrected chi connectivity index (χ0v) is 29.1. The van der Waals surface area contributed by atoms with Crippen LogP contribution in [0.1, 0.15) is 67.4 Å². The van der Waals surface area contributed by atoms with Gasteiger partial charge < -0.3 is 24.2 Å². The Labute approximate surface area is 283 Å². The molecular formula is C36H47ClN2O7S. The maximum absolute atomic E-state index is 12.1. The lowest BCUT2D eigenvalue weighted by Gasteiger charge is -2.48. The fourth-order valence-electron chi connectivity index (χ4n) is 8.22. The van der Waals surface area contributed by atoms with E-state index in [4.69, 9.17) is 31.0 Å². The van der Waals surface area contributed by atoms with Crippen LogP contribution >= 0.6 is 11.6 Å². The Bertz CT molecular complexity index is 1630. The Hall–Kier alpha value is -2.63. The number of nitrogens with two attached hydrogens (primary N) is 1. The van der Waals surface area contributed by atoms with Gasteiger partial charge in [0.25, 0.3) is 0 Å². The predicted octanol–water partition coefficient (Wildman–Crippen LogP) is 5.83. The predicted molar refractivity (Wildman–Crippen MR) is 183 cm³/mol. The lowest BCUT2D eigenvalue weighted by Crippen LogP contribution is -2.50. The van der Waals surface area contributed by atoms with Gasteiger partial charge in [0.15, 0.2) is 0 Å². The molecule has 2 aromatic rings. The van der Waals surface area contributed by atoms with Crippen LogP contribution in [0.4, 0.5) is 5.69 Å². The zero-order chi connectivity index (χ0) is 33.5. The Morgan fingerprint density at radius 3 is 2.66 bits per heavy atom. The first kappa shape index (κ1) is 34.2. The first-order valence-corrected chi connectivity index (χ1v) is 18.8. The first-order chi connectivity index (χ1) is 22.4. The maximum Gasteiger partial charge on any atom is 0.335 e. The van der Waals surface area contributed by atoms with Crippen molar-refractivity contribution in [3.05, 3.63) is 69.8 Å². The van der Waals surface area contributed by atoms with Crippen molar-refractivity contribution in [1.29, 1.82) is 0 Å². The number of aryl methyl sites for hydroxylation is 1. The van der Waals surface area contributed by atoms with Crippen LogP contribution in [0.25, 0.3) is 0 Å². The molecule has 0 saturated heterocycles. The minimum absolute atomic E-state index is 0.0864. The van der Waals surface area contributed by atoms with Crippen LogP contribution in [0, 0.1) is 23.7 Å². The highest BCUT2D eigenvalue weighted by atomic mass is 35.5. The van der Waals surface area contributed by atoms with Crippen molar-refractivity contribution in [2.45, 2.75) is 69.1 Å². The Morgan fingerprint density at radius 2 is 1.98 bits per heavy atom. The van der Waals surface area contributed by atoms with E-state index in [1.54, 1.807) is 32.2 Å². The quantitative estimate of drug-likeness (QED) is 0.211. The number of aromatic carboxylic acids is 1. The molecule has 0 amide bonds. The molecule has 9 nitrogen and oxygen atoms in total. The van der Waals surface area contributed by atoms with Crippen molar-refractivity contribution in [3.8, 4) is 5.75 Å². The molecule has 11 heteroatoms. The molecular weight excluding hydrogens is 640 g/mol. The number of carboxylic acids is 1. The molecule has 0 aromatic heterocycles. The molecule has 6 rings (SSSR count). The fourth-order valence-corrected chi connectivity index (χ4v) is 9.22. The monoisotopic (exact) mass is 686 g/mol. The number of benzene rings is 2. The van der Waals surface area contributed by atoms with E-state index in [1.165, 1.54) is 16.7 Å². The highest BCUT2D eigenvalue weighted by molar-refractivity contribution is 7.89. The number of primary sulfonamides is 1. The number of allylic oxidation sites excluding steroid dienone is 1. The number of anilines is 1. The molecule has 1 spiro atoms. The fraction of sp³-hybridized carbons (Fsp3) is 0.583. The van der Waals surface area contributed by atoms with Crippen LogP contribution in [-0.2, 0) is 31.3 Å². The summed E-state index contributed by atoms with van der Waals surface area (Å²) in [7, 11) is -1.95. The van der Waals surface area contributed by atoms with Gasteiger partial charge in [0.1, 0.15) is 5.75 Å². The van der Waals surface area contributed by atoms with Crippen molar-refractivity contribution in [3.63, 3.8) is 0 Å². The number of ether oxygens (including phenoxy) is 3. The van der Waals surface area contributed by atoms with Gasteiger partial charge in [0, 0.05) is 30.6 Å². The van der Waals surface area contributed by atoms with Crippen molar-refractivity contribution in [1.82, 2.24) is 0 Å². The van der Waals surface area contributed by atoms with E-state index in [9.17, 15) is 18.3 Å². The molecule has 1 saturated carbocycles. The molecule has 0 radical (unpaired) electrons. The Kier molecular flexibility index (Phi) is 9.99. The van der Waals surface area contributed by atoms with Crippen molar-refractivity contribution in [2.75, 3.05) is 44.9 Å². The Balaban J connectivity index is 1.29. The number of hydrogen-bond acceptors (Lipinski definition) is 7. The molecule has 256 valence electrons. The van der Waals surface area contributed by atoms with Gasteiger partial charge in [-0.1, -0.05) is 30.7 Å². The number of methoxy groups -OCH3 is 1. The van der Waals surface area contributed by atoms with Crippen LogP contribution in [0.3, 0.4) is 0 Å². The normalized spacial score (nSPS) is 27.2. The second-order valence-electron chi connectivity index (χ2n) is 14.1. The standard InChI is InChI=1S/C36H47ClN2O7S/c1-22(23(2)47(38,42)43)27-15-28(16-27)34(45-14-13-44-3)30-9-6-26(30)19-39-20-36(12-4-5-24-17-29(37)8-10-31(24)36)21-46-33-11-7-25(35(40)41)18-32(33)39/h7-8,10-11,15,17-18,22-23,26-27,30,34H,4-6,9,12-14,16,19-21H2,1-3H3,(H,40,41)(H2,38,42,43)/t22-,23-,26+,27?,30-,34+,36+/m1/s1. The summed E-state index contributed by atoms with van der Waals surface area (Å²) in [4.78, 5) is 14.4. The number of carbonyl (C=O) groups is 1. The summed E-state index contributed by atoms with van der Waals surface area (Å²) in [5.41, 5.74) is 4.55. The van der Waals surface area contributed by atoms with Gasteiger partial charge in [-0.2, -0.15) is 0 Å². The third-order valence-corrected chi connectivity index (χ3v) is 13.1. The number of fused-ring (bicyclic) bond motifs is 3. The van der Waals surface area contributed by atoms with E-state index in [0.29, 0.717) is 38.0 Å². The zero-order valence-electron chi connectivity index (χ0n) is 27.5. The number of hydrogen-bond donors (Lipinski definition) is 2. The number of halogens is 1. The van der Waals surface area contributed by atoms with Gasteiger partial charge in [-0.3, -0.25) is 0 Å². The third-order valence-electron chi connectivity index (χ3n) is 11.4. The van der Waals surface area contributed by atoms with Gasteiger partial charge in [0.2, 0.25) is 10.0 Å². The second-order valence-corrected chi connectivity index (χ2v) is 16.5. The summed E-state index contributed by atoms with van der Waals surface area (Å²) < 4.78 is 42.4. The highest BCUT2D eigenvalue weighted by Crippen LogP contribution is 2.49. The van der Waals surface area contributed by atoms with Gasteiger partial charge in [-0.05, 0) is 116 Å². The van der Waals surface area contributed by atoms with Crippen molar-refractivity contribution in [2.24, 2.45) is 28.8 Å². The summed E-state index contributed by atoms with van der Waals surface area (Å²) in [6, 6.07) is 11.4. The molecule has 1 heterocycles. The van der Waals surface area contributed by atoms with Gasteiger partial charge in [-0.15, -0.1) is 0 Å². The van der Waals surface area contributed by atoms with Crippen LogP contribution in [0.15, 0.2) is 48.0 Å². The minimum atomic E-state index is -3.62. The average molecular weight is 687 g/mol. The highest BCUT2D eigenvalue weighted by Gasteiger charge is 2.46. The maximum atomic E-state index is 12.1. The number of rotatable bonds is 12. The largest absolute Gasteiger partial charge is 0.490 e. The Morgan fingerprint density at radius 1 is 1.19 bits per heavy atom. The van der Waals surface area contributed by atoms with Crippen LogP contribution in [0.2, 0.25) is 5.02 Å². The molecule has 3 N–H and O–H groups in total. The number of sulfonamides is 1. The molecule has 4 aliphatic rings. The molecule has 1 fully saturated rings. The summed E-state index contributed by atoms with van der Waals surface area (Å²) >= 11 is 6.42. The van der Waals surface area contributed by atoms with Crippen LogP contribution in [0.5, 0.6) is 5.75 Å². The first-order valence-electron chi connectivity index (χ1n) is 16.8. The van der Waals surface area contributed by atoms with Crippen molar-refractivity contribution < 1.29 is 32.5 Å². The molecule has 2 aromatic carbocycles. The number of nitrogens with zero attached hydrogens (tertiary/aromatic N) is 1. The average Bonchev–Trinajstić information content (AvgIpc) is 3.14. The van der Waals surface area contributed by atoms with E-state index >= 15 is 0 Å². The lowest BCUT2D eigenvalue weighted by atomic mass is 9.64.